The number of amides is 2. The van der Waals surface area contributed by atoms with Crippen LogP contribution in [-0.4, -0.2) is 48.1 Å². The van der Waals surface area contributed by atoms with Crippen molar-refractivity contribution in [2.45, 2.75) is 45.2 Å². The van der Waals surface area contributed by atoms with Crippen LogP contribution >= 0.6 is 0 Å². The molecule has 22 heavy (non-hydrogen) atoms. The monoisotopic (exact) mass is 301 g/mol. The molecular weight excluding hydrogens is 274 g/mol. The summed E-state index contributed by atoms with van der Waals surface area (Å²) in [7, 11) is 0. The highest BCUT2D eigenvalue weighted by Gasteiger charge is 2.24. The van der Waals surface area contributed by atoms with Gasteiger partial charge in [0.2, 0.25) is 0 Å². The van der Waals surface area contributed by atoms with Gasteiger partial charge < -0.3 is 10.2 Å². The Balaban J connectivity index is 1.45. The Morgan fingerprint density at radius 1 is 1.14 bits per heavy atom. The summed E-state index contributed by atoms with van der Waals surface area (Å²) in [6.45, 7) is 6.76. The van der Waals surface area contributed by atoms with Gasteiger partial charge in [-0.3, -0.25) is 4.90 Å². The fraction of sp³-hybridized carbons (Fsp3) is 0.611. The summed E-state index contributed by atoms with van der Waals surface area (Å²) in [5, 5.41) is 3.19. The van der Waals surface area contributed by atoms with Crippen LogP contribution in [0.25, 0.3) is 0 Å². The molecule has 1 aliphatic carbocycles. The van der Waals surface area contributed by atoms with Crippen LogP contribution in [0.4, 0.5) is 4.79 Å². The molecule has 1 aliphatic heterocycles. The predicted octanol–water partition coefficient (Wildman–Crippen LogP) is 2.76. The summed E-state index contributed by atoms with van der Waals surface area (Å²) in [6, 6.07) is 9.12. The van der Waals surface area contributed by atoms with Crippen molar-refractivity contribution >= 4 is 6.03 Å². The molecule has 1 heterocycles. The molecule has 0 bridgehead atoms. The number of hydrogen-bond acceptors (Lipinski definition) is 2. The molecular formula is C18H27N3O. The average molecular weight is 301 g/mol. The summed E-state index contributed by atoms with van der Waals surface area (Å²) in [5.41, 5.74) is 2.75. The Labute approximate surface area is 133 Å². The summed E-state index contributed by atoms with van der Waals surface area (Å²) < 4.78 is 0. The third-order valence-corrected chi connectivity index (χ3v) is 5.00. The van der Waals surface area contributed by atoms with Gasteiger partial charge in [-0.1, -0.05) is 37.1 Å². The number of carbonyl (C=O) groups excluding carboxylic acids is 1. The third kappa shape index (κ3) is 3.80. The third-order valence-electron chi connectivity index (χ3n) is 5.00. The van der Waals surface area contributed by atoms with Crippen LogP contribution in [0, 0.1) is 6.92 Å². The summed E-state index contributed by atoms with van der Waals surface area (Å²) in [4.78, 5) is 16.7. The lowest BCUT2D eigenvalue weighted by Gasteiger charge is -2.35. The minimum absolute atomic E-state index is 0.141. The second kappa shape index (κ2) is 7.14. The molecule has 4 heteroatoms. The van der Waals surface area contributed by atoms with E-state index < -0.39 is 0 Å². The van der Waals surface area contributed by atoms with E-state index in [1.807, 2.05) is 4.90 Å². The lowest BCUT2D eigenvalue weighted by molar-refractivity contribution is 0.133. The molecule has 0 radical (unpaired) electrons. The summed E-state index contributed by atoms with van der Waals surface area (Å²) in [6.07, 6.45) is 4.82. The van der Waals surface area contributed by atoms with Crippen molar-refractivity contribution in [1.29, 1.82) is 0 Å². The van der Waals surface area contributed by atoms with Crippen molar-refractivity contribution in [1.82, 2.24) is 15.1 Å². The zero-order chi connectivity index (χ0) is 15.4. The SMILES string of the molecule is Cc1ccccc1CN1CCN(C(=O)NC2CCCC2)CC1. The van der Waals surface area contributed by atoms with Crippen molar-refractivity contribution in [2.75, 3.05) is 26.2 Å². The van der Waals surface area contributed by atoms with Gasteiger partial charge in [-0.2, -0.15) is 0 Å². The number of nitrogens with one attached hydrogen (secondary N) is 1. The summed E-state index contributed by atoms with van der Waals surface area (Å²) in [5.74, 6) is 0. The van der Waals surface area contributed by atoms with Gasteiger partial charge in [0.1, 0.15) is 0 Å². The van der Waals surface area contributed by atoms with Gasteiger partial charge in [-0.15, -0.1) is 0 Å². The van der Waals surface area contributed by atoms with Gasteiger partial charge in [0.25, 0.3) is 0 Å². The number of urea groups is 1. The molecule has 1 N–H and O–H groups in total. The number of aryl methyl sites for hydroxylation is 1. The molecule has 1 aromatic carbocycles. The van der Waals surface area contributed by atoms with Crippen molar-refractivity contribution < 1.29 is 4.79 Å². The summed E-state index contributed by atoms with van der Waals surface area (Å²) >= 11 is 0. The highest BCUT2D eigenvalue weighted by atomic mass is 16.2. The number of rotatable bonds is 3. The van der Waals surface area contributed by atoms with Crippen molar-refractivity contribution in [3.63, 3.8) is 0 Å². The second-order valence-corrected chi connectivity index (χ2v) is 6.62. The van der Waals surface area contributed by atoms with Gasteiger partial charge in [0, 0.05) is 38.8 Å². The molecule has 0 atom stereocenters. The Bertz CT molecular complexity index is 503. The molecule has 0 spiro atoms. The van der Waals surface area contributed by atoms with Gasteiger partial charge in [0.05, 0.1) is 0 Å². The highest BCUT2D eigenvalue weighted by Crippen LogP contribution is 2.18. The van der Waals surface area contributed by atoms with Crippen LogP contribution in [0.1, 0.15) is 36.8 Å². The lowest BCUT2D eigenvalue weighted by Crippen LogP contribution is -2.52. The highest BCUT2D eigenvalue weighted by molar-refractivity contribution is 5.74. The molecule has 0 unspecified atom stereocenters. The molecule has 1 saturated carbocycles. The largest absolute Gasteiger partial charge is 0.335 e. The van der Waals surface area contributed by atoms with Crippen LogP contribution in [0.2, 0.25) is 0 Å². The maximum Gasteiger partial charge on any atom is 0.317 e. The first kappa shape index (κ1) is 15.3. The fourth-order valence-corrected chi connectivity index (χ4v) is 3.47. The van der Waals surface area contributed by atoms with Crippen molar-refractivity contribution in [3.8, 4) is 0 Å². The molecule has 1 aromatic rings. The van der Waals surface area contributed by atoms with Crippen LogP contribution in [-0.2, 0) is 6.54 Å². The number of carbonyl (C=O) groups is 1. The van der Waals surface area contributed by atoms with Crippen molar-refractivity contribution in [2.24, 2.45) is 0 Å². The Hall–Kier alpha value is -1.55. The number of piperazine rings is 1. The molecule has 1 saturated heterocycles. The van der Waals surface area contributed by atoms with Crippen LogP contribution in [0.3, 0.4) is 0 Å². The van der Waals surface area contributed by atoms with E-state index in [2.05, 4.69) is 41.4 Å². The number of hydrogen-bond donors (Lipinski definition) is 1. The van der Waals surface area contributed by atoms with Gasteiger partial charge in [-0.05, 0) is 30.9 Å². The van der Waals surface area contributed by atoms with Gasteiger partial charge >= 0.3 is 6.03 Å². The molecule has 0 aromatic heterocycles. The smallest absolute Gasteiger partial charge is 0.317 e. The van der Waals surface area contributed by atoms with E-state index in [1.54, 1.807) is 0 Å². The van der Waals surface area contributed by atoms with E-state index in [9.17, 15) is 4.79 Å². The minimum atomic E-state index is 0.141. The zero-order valence-electron chi connectivity index (χ0n) is 13.6. The maximum absolute atomic E-state index is 12.3. The van der Waals surface area contributed by atoms with Gasteiger partial charge in [-0.25, -0.2) is 4.79 Å². The van der Waals surface area contributed by atoms with Crippen LogP contribution in [0.15, 0.2) is 24.3 Å². The zero-order valence-corrected chi connectivity index (χ0v) is 13.6. The Kier molecular flexibility index (Phi) is 4.98. The van der Waals surface area contributed by atoms with Crippen LogP contribution in [0.5, 0.6) is 0 Å². The molecule has 3 rings (SSSR count). The van der Waals surface area contributed by atoms with E-state index in [4.69, 9.17) is 0 Å². The van der Waals surface area contributed by atoms with Crippen LogP contribution < -0.4 is 5.32 Å². The van der Waals surface area contributed by atoms with E-state index in [0.29, 0.717) is 6.04 Å². The van der Waals surface area contributed by atoms with E-state index in [-0.39, 0.29) is 6.03 Å². The van der Waals surface area contributed by atoms with E-state index in [0.717, 1.165) is 45.6 Å². The first-order valence-corrected chi connectivity index (χ1v) is 8.54. The predicted molar refractivity (Wildman–Crippen MR) is 88.8 cm³/mol. The first-order valence-electron chi connectivity index (χ1n) is 8.54. The second-order valence-electron chi connectivity index (χ2n) is 6.62. The average Bonchev–Trinajstić information content (AvgIpc) is 3.03. The molecule has 120 valence electrons. The molecule has 2 amide bonds. The van der Waals surface area contributed by atoms with Gasteiger partial charge in [0.15, 0.2) is 0 Å². The number of benzene rings is 1. The van der Waals surface area contributed by atoms with E-state index in [1.165, 1.54) is 24.0 Å². The molecule has 2 aliphatic rings. The Morgan fingerprint density at radius 3 is 2.50 bits per heavy atom. The first-order chi connectivity index (χ1) is 10.7. The molecule has 2 fully saturated rings. The quantitative estimate of drug-likeness (QED) is 0.932. The minimum Gasteiger partial charge on any atom is -0.335 e. The fourth-order valence-electron chi connectivity index (χ4n) is 3.47. The number of nitrogens with zero attached hydrogens (tertiary/aromatic N) is 2. The normalized spacial score (nSPS) is 20.3. The maximum atomic E-state index is 12.3. The van der Waals surface area contributed by atoms with E-state index >= 15 is 0 Å². The molecule has 4 nitrogen and oxygen atoms in total. The Morgan fingerprint density at radius 2 is 1.82 bits per heavy atom. The topological polar surface area (TPSA) is 35.6 Å². The van der Waals surface area contributed by atoms with Crippen molar-refractivity contribution in [3.05, 3.63) is 35.4 Å². The lowest BCUT2D eigenvalue weighted by atomic mass is 10.1. The standard InChI is InChI=1S/C18H27N3O/c1-15-6-2-3-7-16(15)14-20-10-12-21(13-11-20)18(22)19-17-8-4-5-9-17/h2-3,6-7,17H,4-5,8-14H2,1H3,(H,19,22).